The molecule has 200 valence electrons. The fraction of sp³-hybridized carbons (Fsp3) is 0.481. The molecule has 0 radical (unpaired) electrons. The number of piperazine rings is 1. The summed E-state index contributed by atoms with van der Waals surface area (Å²) in [6.45, 7) is 8.75. The Bertz CT molecular complexity index is 1110. The highest BCUT2D eigenvalue weighted by atomic mass is 35.5. The maximum atomic E-state index is 12.4. The zero-order valence-corrected chi connectivity index (χ0v) is 22.8. The maximum absolute atomic E-state index is 12.4. The topological polar surface area (TPSA) is 71.5 Å². The van der Waals surface area contributed by atoms with Gasteiger partial charge in [-0.05, 0) is 63.4 Å². The Kier molecular flexibility index (Phi) is 9.40. The van der Waals surface area contributed by atoms with E-state index >= 15 is 0 Å². The van der Waals surface area contributed by atoms with Gasteiger partial charge in [-0.2, -0.15) is 0 Å². The van der Waals surface area contributed by atoms with Gasteiger partial charge in [-0.25, -0.2) is 4.79 Å². The third-order valence-electron chi connectivity index (χ3n) is 6.39. The Hall–Kier alpha value is -2.68. The SMILES string of the molecule is CC(C)OC(=O)ON1C(=O)CCc2ccc(OCCCCN3CCN(c4cccc(Cl)c4Cl)CC3)cc21. The molecule has 0 unspecified atom stereocenters. The van der Waals surface area contributed by atoms with E-state index in [0.29, 0.717) is 34.5 Å². The largest absolute Gasteiger partial charge is 0.534 e. The fourth-order valence-electron chi connectivity index (χ4n) is 4.48. The average Bonchev–Trinajstić information content (AvgIpc) is 2.87. The molecule has 0 bridgehead atoms. The van der Waals surface area contributed by atoms with Gasteiger partial charge in [0.15, 0.2) is 0 Å². The first-order valence-corrected chi connectivity index (χ1v) is 13.5. The van der Waals surface area contributed by atoms with Crippen molar-refractivity contribution in [3.8, 4) is 5.75 Å². The highest BCUT2D eigenvalue weighted by Crippen LogP contribution is 2.33. The number of rotatable bonds is 9. The molecule has 2 aliphatic rings. The van der Waals surface area contributed by atoms with E-state index in [9.17, 15) is 9.59 Å². The van der Waals surface area contributed by atoms with Crippen molar-refractivity contribution in [2.75, 3.05) is 49.3 Å². The summed E-state index contributed by atoms with van der Waals surface area (Å²) in [6.07, 6.45) is 1.52. The van der Waals surface area contributed by atoms with Crippen LogP contribution in [0.1, 0.15) is 38.7 Å². The first kappa shape index (κ1) is 27.4. The van der Waals surface area contributed by atoms with Gasteiger partial charge in [-0.15, -0.1) is 5.06 Å². The molecule has 2 aromatic rings. The molecule has 2 aliphatic heterocycles. The number of ether oxygens (including phenoxy) is 2. The second kappa shape index (κ2) is 12.7. The molecule has 37 heavy (non-hydrogen) atoms. The Morgan fingerprint density at radius 3 is 2.54 bits per heavy atom. The predicted octanol–water partition coefficient (Wildman–Crippen LogP) is 5.73. The lowest BCUT2D eigenvalue weighted by molar-refractivity contribution is -0.125. The van der Waals surface area contributed by atoms with Crippen molar-refractivity contribution in [3.63, 3.8) is 0 Å². The van der Waals surface area contributed by atoms with Crippen LogP contribution in [0.5, 0.6) is 5.75 Å². The van der Waals surface area contributed by atoms with E-state index in [2.05, 4.69) is 9.80 Å². The number of benzene rings is 2. The molecule has 1 saturated heterocycles. The summed E-state index contributed by atoms with van der Waals surface area (Å²) in [4.78, 5) is 34.3. The Morgan fingerprint density at radius 1 is 1.00 bits per heavy atom. The highest BCUT2D eigenvalue weighted by molar-refractivity contribution is 6.43. The number of fused-ring (bicyclic) bond motifs is 1. The molecule has 1 amide bonds. The number of aryl methyl sites for hydroxylation is 1. The number of hydrogen-bond acceptors (Lipinski definition) is 7. The lowest BCUT2D eigenvalue weighted by Crippen LogP contribution is -2.46. The molecule has 0 aliphatic carbocycles. The van der Waals surface area contributed by atoms with Crippen molar-refractivity contribution < 1.29 is 23.9 Å². The summed E-state index contributed by atoms with van der Waals surface area (Å²) in [7, 11) is 0. The Balaban J connectivity index is 1.21. The zero-order valence-electron chi connectivity index (χ0n) is 21.3. The predicted molar refractivity (Wildman–Crippen MR) is 145 cm³/mol. The van der Waals surface area contributed by atoms with Crippen molar-refractivity contribution in [2.24, 2.45) is 0 Å². The number of carbonyl (C=O) groups excluding carboxylic acids is 2. The third kappa shape index (κ3) is 7.21. The van der Waals surface area contributed by atoms with Crippen LogP contribution < -0.4 is 14.7 Å². The van der Waals surface area contributed by atoms with E-state index in [-0.39, 0.29) is 18.4 Å². The van der Waals surface area contributed by atoms with Crippen molar-refractivity contribution in [2.45, 2.75) is 45.6 Å². The van der Waals surface area contributed by atoms with Crippen LogP contribution >= 0.6 is 23.2 Å². The number of nitrogens with zero attached hydrogens (tertiary/aromatic N) is 3. The first-order valence-electron chi connectivity index (χ1n) is 12.7. The number of hydroxylamine groups is 1. The Labute approximate surface area is 227 Å². The van der Waals surface area contributed by atoms with Crippen LogP contribution in [0.25, 0.3) is 0 Å². The van der Waals surface area contributed by atoms with E-state index in [1.807, 2.05) is 30.3 Å². The van der Waals surface area contributed by atoms with Gasteiger partial charge < -0.3 is 14.4 Å². The van der Waals surface area contributed by atoms with Crippen molar-refractivity contribution >= 4 is 46.6 Å². The average molecular weight is 550 g/mol. The van der Waals surface area contributed by atoms with Gasteiger partial charge in [-0.1, -0.05) is 35.3 Å². The minimum Gasteiger partial charge on any atom is -0.494 e. The van der Waals surface area contributed by atoms with Gasteiger partial charge in [-0.3, -0.25) is 14.5 Å². The quantitative estimate of drug-likeness (QED) is 0.292. The van der Waals surface area contributed by atoms with E-state index in [1.165, 1.54) is 0 Å². The normalized spacial score (nSPS) is 16.1. The third-order valence-corrected chi connectivity index (χ3v) is 7.20. The van der Waals surface area contributed by atoms with Gasteiger partial charge >= 0.3 is 6.16 Å². The molecular formula is C27H33Cl2N3O5. The number of unbranched alkanes of at least 4 members (excludes halogenated alkanes) is 1. The van der Waals surface area contributed by atoms with Crippen LogP contribution in [-0.2, 0) is 20.8 Å². The molecule has 0 saturated carbocycles. The van der Waals surface area contributed by atoms with Crippen LogP contribution in [0.15, 0.2) is 36.4 Å². The number of halogens is 2. The van der Waals surface area contributed by atoms with Gasteiger partial charge in [0.1, 0.15) is 5.75 Å². The van der Waals surface area contributed by atoms with Gasteiger partial charge in [0.05, 0.1) is 34.1 Å². The number of anilines is 2. The number of amides is 1. The van der Waals surface area contributed by atoms with Crippen LogP contribution in [0, 0.1) is 0 Å². The maximum Gasteiger partial charge on any atom is 0.534 e. The van der Waals surface area contributed by atoms with E-state index < -0.39 is 6.16 Å². The molecule has 2 heterocycles. The van der Waals surface area contributed by atoms with Crippen molar-refractivity contribution in [3.05, 3.63) is 52.0 Å². The lowest BCUT2D eigenvalue weighted by atomic mass is 10.0. The van der Waals surface area contributed by atoms with Crippen molar-refractivity contribution in [1.82, 2.24) is 4.90 Å². The Morgan fingerprint density at radius 2 is 1.78 bits per heavy atom. The van der Waals surface area contributed by atoms with Crippen LogP contribution in [0.3, 0.4) is 0 Å². The molecule has 10 heteroatoms. The molecule has 0 spiro atoms. The number of hydrogen-bond donors (Lipinski definition) is 0. The monoisotopic (exact) mass is 549 g/mol. The summed E-state index contributed by atoms with van der Waals surface area (Å²) in [5, 5.41) is 2.22. The molecule has 8 nitrogen and oxygen atoms in total. The number of carbonyl (C=O) groups is 2. The fourth-order valence-corrected chi connectivity index (χ4v) is 4.89. The minimum atomic E-state index is -0.904. The van der Waals surface area contributed by atoms with E-state index in [1.54, 1.807) is 19.9 Å². The second-order valence-corrected chi connectivity index (χ2v) is 10.2. The summed E-state index contributed by atoms with van der Waals surface area (Å²) in [6, 6.07) is 11.3. The van der Waals surface area contributed by atoms with Crippen LogP contribution in [0.4, 0.5) is 16.2 Å². The summed E-state index contributed by atoms with van der Waals surface area (Å²) in [5.41, 5.74) is 2.43. The lowest BCUT2D eigenvalue weighted by Gasteiger charge is -2.36. The van der Waals surface area contributed by atoms with Gasteiger partial charge in [0.2, 0.25) is 0 Å². The van der Waals surface area contributed by atoms with Crippen LogP contribution in [-0.4, -0.2) is 62.4 Å². The highest BCUT2D eigenvalue weighted by Gasteiger charge is 2.29. The first-order chi connectivity index (χ1) is 17.8. The summed E-state index contributed by atoms with van der Waals surface area (Å²) in [5.74, 6) is 0.342. The summed E-state index contributed by atoms with van der Waals surface area (Å²) >= 11 is 12.5. The summed E-state index contributed by atoms with van der Waals surface area (Å²) < 4.78 is 11.0. The molecule has 4 rings (SSSR count). The molecule has 0 N–H and O–H groups in total. The van der Waals surface area contributed by atoms with Gasteiger partial charge in [0.25, 0.3) is 5.91 Å². The zero-order chi connectivity index (χ0) is 26.4. The van der Waals surface area contributed by atoms with Crippen molar-refractivity contribution in [1.29, 1.82) is 0 Å². The van der Waals surface area contributed by atoms with Crippen LogP contribution in [0.2, 0.25) is 10.0 Å². The molecule has 0 aromatic heterocycles. The standard InChI is InChI=1S/C27H33Cl2N3O5/c1-19(2)36-27(34)37-32-24-18-21(10-8-20(24)9-11-25(32)33)35-17-4-3-12-30-13-15-31(16-14-30)23-7-5-6-22(28)26(23)29/h5-8,10,18-19H,3-4,9,11-17H2,1-2H3. The van der Waals surface area contributed by atoms with E-state index in [0.717, 1.165) is 61.9 Å². The molecule has 2 aromatic carbocycles. The molecule has 0 atom stereocenters. The molecule has 1 fully saturated rings. The second-order valence-electron chi connectivity index (χ2n) is 9.44. The minimum absolute atomic E-state index is 0.266. The smallest absolute Gasteiger partial charge is 0.494 e. The molecular weight excluding hydrogens is 517 g/mol. The van der Waals surface area contributed by atoms with E-state index in [4.69, 9.17) is 37.5 Å². The van der Waals surface area contributed by atoms with Gasteiger partial charge in [0, 0.05) is 38.7 Å².